The van der Waals surface area contributed by atoms with E-state index in [1.165, 1.54) is 3.57 Å². The maximum atomic E-state index is 4.26. The Hall–Kier alpha value is -1.60. The van der Waals surface area contributed by atoms with Crippen LogP contribution in [0.15, 0.2) is 59.6 Å². The summed E-state index contributed by atoms with van der Waals surface area (Å²) in [5.74, 6) is 5.95. The molecule has 0 bridgehead atoms. The standard InChI is InChI=1S/C15H10IN/c16-14-8-10-15(11-9-14)17-12-4-7-13-5-2-1-3-6-13/h1-3,5-6,8-12H. The number of rotatable bonds is 1. The zero-order valence-corrected chi connectivity index (χ0v) is 11.3. The molecule has 0 aliphatic carbocycles. The number of halogens is 1. The summed E-state index contributed by atoms with van der Waals surface area (Å²) in [6.45, 7) is 0. The Balaban J connectivity index is 2.03. The molecule has 0 N–H and O–H groups in total. The zero-order valence-electron chi connectivity index (χ0n) is 9.10. The summed E-state index contributed by atoms with van der Waals surface area (Å²) in [6, 6.07) is 17.9. The van der Waals surface area contributed by atoms with E-state index in [4.69, 9.17) is 0 Å². The lowest BCUT2D eigenvalue weighted by Gasteiger charge is -1.91. The molecule has 82 valence electrons. The van der Waals surface area contributed by atoms with Gasteiger partial charge in [-0.3, -0.25) is 0 Å². The van der Waals surface area contributed by atoms with E-state index in [2.05, 4.69) is 39.4 Å². The average molecular weight is 331 g/mol. The summed E-state index contributed by atoms with van der Waals surface area (Å²) in [7, 11) is 0. The Morgan fingerprint density at radius 1 is 0.941 bits per heavy atom. The topological polar surface area (TPSA) is 12.4 Å². The smallest absolute Gasteiger partial charge is 0.0777 e. The fourth-order valence-electron chi connectivity index (χ4n) is 1.27. The van der Waals surface area contributed by atoms with Crippen molar-refractivity contribution in [2.75, 3.05) is 0 Å². The van der Waals surface area contributed by atoms with E-state index in [9.17, 15) is 0 Å². The molecule has 1 nitrogen and oxygen atoms in total. The highest BCUT2D eigenvalue weighted by molar-refractivity contribution is 14.1. The Labute approximate surface area is 115 Å². The number of benzene rings is 2. The molecule has 0 saturated heterocycles. The first kappa shape index (κ1) is 11.9. The quantitative estimate of drug-likeness (QED) is 0.425. The lowest BCUT2D eigenvalue weighted by molar-refractivity contribution is 1.52. The lowest BCUT2D eigenvalue weighted by Crippen LogP contribution is -1.72. The molecule has 2 heteroatoms. The van der Waals surface area contributed by atoms with Gasteiger partial charge in [-0.05, 0) is 64.9 Å². The number of aliphatic imine (C=N–C) groups is 1. The highest BCUT2D eigenvalue weighted by Gasteiger charge is 1.86. The van der Waals surface area contributed by atoms with Crippen LogP contribution in [-0.2, 0) is 0 Å². The predicted molar refractivity (Wildman–Crippen MR) is 80.6 cm³/mol. The Morgan fingerprint density at radius 3 is 2.35 bits per heavy atom. The zero-order chi connectivity index (χ0) is 11.9. The fraction of sp³-hybridized carbons (Fsp3) is 0. The summed E-state index contributed by atoms with van der Waals surface area (Å²) in [4.78, 5) is 4.26. The largest absolute Gasteiger partial charge is 0.248 e. The van der Waals surface area contributed by atoms with Crippen LogP contribution in [0, 0.1) is 15.4 Å². The molecule has 0 unspecified atom stereocenters. The second-order valence-corrected chi connectivity index (χ2v) is 4.62. The van der Waals surface area contributed by atoms with Crippen molar-refractivity contribution < 1.29 is 0 Å². The third-order valence-electron chi connectivity index (χ3n) is 2.10. The minimum absolute atomic E-state index is 0.924. The van der Waals surface area contributed by atoms with Gasteiger partial charge < -0.3 is 0 Å². The van der Waals surface area contributed by atoms with Crippen LogP contribution in [0.3, 0.4) is 0 Å². The van der Waals surface area contributed by atoms with E-state index in [0.717, 1.165) is 11.3 Å². The number of hydrogen-bond donors (Lipinski definition) is 0. The molecule has 0 amide bonds. The normalized spacial score (nSPS) is 9.94. The molecule has 0 spiro atoms. The van der Waals surface area contributed by atoms with Crippen LogP contribution in [0.2, 0.25) is 0 Å². The molecular formula is C15H10IN. The molecule has 17 heavy (non-hydrogen) atoms. The van der Waals surface area contributed by atoms with Crippen molar-refractivity contribution in [1.82, 2.24) is 0 Å². The average Bonchev–Trinajstić information content (AvgIpc) is 2.38. The van der Waals surface area contributed by atoms with Crippen molar-refractivity contribution >= 4 is 34.5 Å². The summed E-state index contributed by atoms with van der Waals surface area (Å²) in [5.41, 5.74) is 1.93. The van der Waals surface area contributed by atoms with Gasteiger partial charge in [-0.15, -0.1) is 0 Å². The Kier molecular flexibility index (Phi) is 4.34. The minimum Gasteiger partial charge on any atom is -0.248 e. The fourth-order valence-corrected chi connectivity index (χ4v) is 1.63. The first-order valence-electron chi connectivity index (χ1n) is 5.19. The third-order valence-corrected chi connectivity index (χ3v) is 2.81. The van der Waals surface area contributed by atoms with Crippen molar-refractivity contribution in [3.05, 3.63) is 63.7 Å². The van der Waals surface area contributed by atoms with Gasteiger partial charge in [-0.1, -0.05) is 24.1 Å². The highest BCUT2D eigenvalue weighted by Crippen LogP contribution is 2.13. The van der Waals surface area contributed by atoms with Gasteiger partial charge in [0.15, 0.2) is 0 Å². The SMILES string of the molecule is Ic1ccc(N=CC#Cc2ccccc2)cc1. The van der Waals surface area contributed by atoms with Gasteiger partial charge in [0.1, 0.15) is 0 Å². The number of nitrogens with zero attached hydrogens (tertiary/aromatic N) is 1. The summed E-state index contributed by atoms with van der Waals surface area (Å²) < 4.78 is 1.21. The first-order valence-corrected chi connectivity index (χ1v) is 6.27. The molecule has 2 rings (SSSR count). The van der Waals surface area contributed by atoms with Gasteiger partial charge in [0.2, 0.25) is 0 Å². The molecule has 0 atom stereocenters. The molecule has 0 saturated carbocycles. The van der Waals surface area contributed by atoms with Gasteiger partial charge in [0.05, 0.1) is 11.9 Å². The van der Waals surface area contributed by atoms with Crippen molar-refractivity contribution in [2.45, 2.75) is 0 Å². The molecule has 0 radical (unpaired) electrons. The molecule has 0 aliphatic heterocycles. The van der Waals surface area contributed by atoms with Crippen LogP contribution in [-0.4, -0.2) is 6.21 Å². The molecular weight excluding hydrogens is 321 g/mol. The van der Waals surface area contributed by atoms with Crippen LogP contribution < -0.4 is 0 Å². The monoisotopic (exact) mass is 331 g/mol. The van der Waals surface area contributed by atoms with Crippen LogP contribution >= 0.6 is 22.6 Å². The summed E-state index contributed by atoms with van der Waals surface area (Å²) in [5, 5.41) is 0. The van der Waals surface area contributed by atoms with Gasteiger partial charge in [-0.25, -0.2) is 4.99 Å². The molecule has 2 aromatic carbocycles. The van der Waals surface area contributed by atoms with E-state index >= 15 is 0 Å². The number of hydrogen-bond acceptors (Lipinski definition) is 1. The highest BCUT2D eigenvalue weighted by atomic mass is 127. The van der Waals surface area contributed by atoms with Gasteiger partial charge in [0.25, 0.3) is 0 Å². The second-order valence-electron chi connectivity index (χ2n) is 3.37. The van der Waals surface area contributed by atoms with Crippen molar-refractivity contribution in [2.24, 2.45) is 4.99 Å². The van der Waals surface area contributed by atoms with E-state index in [-0.39, 0.29) is 0 Å². The van der Waals surface area contributed by atoms with Crippen LogP contribution in [0.5, 0.6) is 0 Å². The van der Waals surface area contributed by atoms with E-state index < -0.39 is 0 Å². The van der Waals surface area contributed by atoms with E-state index in [1.54, 1.807) is 6.21 Å². The summed E-state index contributed by atoms with van der Waals surface area (Å²) in [6.07, 6.45) is 1.63. The third kappa shape index (κ3) is 4.04. The van der Waals surface area contributed by atoms with Gasteiger partial charge in [0, 0.05) is 9.13 Å². The molecule has 2 aromatic rings. The molecule has 0 aliphatic rings. The van der Waals surface area contributed by atoms with Crippen LogP contribution in [0.25, 0.3) is 0 Å². The van der Waals surface area contributed by atoms with Crippen LogP contribution in [0.1, 0.15) is 5.56 Å². The first-order chi connectivity index (χ1) is 8.34. The lowest BCUT2D eigenvalue weighted by atomic mass is 10.2. The second kappa shape index (κ2) is 6.21. The maximum Gasteiger partial charge on any atom is 0.0777 e. The Bertz CT molecular complexity index is 559. The molecule has 0 fully saturated rings. The van der Waals surface area contributed by atoms with Crippen molar-refractivity contribution in [1.29, 1.82) is 0 Å². The maximum absolute atomic E-state index is 4.26. The molecule has 0 heterocycles. The van der Waals surface area contributed by atoms with Crippen molar-refractivity contribution in [3.63, 3.8) is 0 Å². The van der Waals surface area contributed by atoms with E-state index in [1.807, 2.05) is 54.6 Å². The van der Waals surface area contributed by atoms with Crippen LogP contribution in [0.4, 0.5) is 5.69 Å². The van der Waals surface area contributed by atoms with E-state index in [0.29, 0.717) is 0 Å². The summed E-state index contributed by atoms with van der Waals surface area (Å²) >= 11 is 2.27. The van der Waals surface area contributed by atoms with Gasteiger partial charge in [-0.2, -0.15) is 0 Å². The predicted octanol–water partition coefficient (Wildman–Crippen LogP) is 4.05. The minimum atomic E-state index is 0.924. The Morgan fingerprint density at radius 2 is 1.65 bits per heavy atom. The van der Waals surface area contributed by atoms with Gasteiger partial charge >= 0.3 is 0 Å². The molecule has 0 aromatic heterocycles. The van der Waals surface area contributed by atoms with Crippen molar-refractivity contribution in [3.8, 4) is 11.8 Å².